The van der Waals surface area contributed by atoms with Crippen molar-refractivity contribution in [3.05, 3.63) is 61.0 Å². The fourth-order valence-electron chi connectivity index (χ4n) is 1.87. The molecule has 0 aliphatic carbocycles. The highest BCUT2D eigenvalue weighted by Gasteiger charge is 2.16. The van der Waals surface area contributed by atoms with E-state index < -0.39 is 5.97 Å². The Morgan fingerprint density at radius 3 is 2.57 bits per heavy atom. The van der Waals surface area contributed by atoms with Crippen molar-refractivity contribution in [2.24, 2.45) is 0 Å². The van der Waals surface area contributed by atoms with Gasteiger partial charge in [0.15, 0.2) is 0 Å². The van der Waals surface area contributed by atoms with Crippen LogP contribution in [0.1, 0.15) is 21.5 Å². The van der Waals surface area contributed by atoms with E-state index in [9.17, 15) is 9.90 Å². The van der Waals surface area contributed by atoms with Crippen LogP contribution in [0.25, 0.3) is 0 Å². The summed E-state index contributed by atoms with van der Waals surface area (Å²) in [5.74, 6) is -0.680. The van der Waals surface area contributed by atoms with Crippen LogP contribution in [0.4, 0.5) is 0 Å². The highest BCUT2D eigenvalue weighted by atomic mass is 79.9. The van der Waals surface area contributed by atoms with Crippen molar-refractivity contribution in [2.75, 3.05) is 0 Å². The van der Waals surface area contributed by atoms with Gasteiger partial charge in [0.1, 0.15) is 17.9 Å². The summed E-state index contributed by atoms with van der Waals surface area (Å²) in [7, 11) is 0. The molecule has 0 radical (unpaired) electrons. The van der Waals surface area contributed by atoms with Crippen LogP contribution in [0.3, 0.4) is 0 Å². The number of aryl methyl sites for hydroxylation is 1. The second-order valence-corrected chi connectivity index (χ2v) is 6.67. The van der Waals surface area contributed by atoms with Gasteiger partial charge in [0.25, 0.3) is 0 Å². The number of ether oxygens (including phenoxy) is 1. The Bertz CT molecular complexity index is 702. The third-order valence-electron chi connectivity index (χ3n) is 2.86. The van der Waals surface area contributed by atoms with Gasteiger partial charge in [0, 0.05) is 19.5 Å². The van der Waals surface area contributed by atoms with Crippen LogP contribution >= 0.6 is 43.5 Å². The quantitative estimate of drug-likeness (QED) is 0.696. The molecule has 0 amide bonds. The van der Waals surface area contributed by atoms with Gasteiger partial charge in [-0.3, -0.25) is 0 Å². The lowest BCUT2D eigenvalue weighted by molar-refractivity contribution is 0.0691. The first-order chi connectivity index (χ1) is 9.88. The highest BCUT2D eigenvalue weighted by Crippen LogP contribution is 2.30. The van der Waals surface area contributed by atoms with E-state index in [-0.39, 0.29) is 12.2 Å². The SMILES string of the molecule is Cc1cc(Br)cc(C(=O)O)c1OCc1ccc(Br)cc1Cl. The van der Waals surface area contributed by atoms with Gasteiger partial charge in [0.2, 0.25) is 0 Å². The lowest BCUT2D eigenvalue weighted by Crippen LogP contribution is -2.05. The van der Waals surface area contributed by atoms with Crippen LogP contribution in [0.2, 0.25) is 5.02 Å². The fourth-order valence-corrected chi connectivity index (χ4v) is 3.17. The van der Waals surface area contributed by atoms with Crippen molar-refractivity contribution in [3.63, 3.8) is 0 Å². The maximum Gasteiger partial charge on any atom is 0.339 e. The topological polar surface area (TPSA) is 46.5 Å². The molecule has 0 spiro atoms. The third kappa shape index (κ3) is 3.99. The summed E-state index contributed by atoms with van der Waals surface area (Å²) < 4.78 is 7.27. The van der Waals surface area contributed by atoms with Gasteiger partial charge in [-0.2, -0.15) is 0 Å². The molecule has 0 unspecified atom stereocenters. The summed E-state index contributed by atoms with van der Waals surface area (Å²) in [6.45, 7) is 2.00. The van der Waals surface area contributed by atoms with Crippen molar-refractivity contribution < 1.29 is 14.6 Å². The summed E-state index contributed by atoms with van der Waals surface area (Å²) in [6.07, 6.45) is 0. The summed E-state index contributed by atoms with van der Waals surface area (Å²) >= 11 is 12.7. The molecule has 2 aromatic rings. The van der Waals surface area contributed by atoms with Crippen molar-refractivity contribution in [2.45, 2.75) is 13.5 Å². The zero-order valence-electron chi connectivity index (χ0n) is 11.0. The molecule has 6 heteroatoms. The molecule has 0 bridgehead atoms. The summed E-state index contributed by atoms with van der Waals surface area (Å²) in [5.41, 5.74) is 1.66. The second kappa shape index (κ2) is 6.81. The lowest BCUT2D eigenvalue weighted by atomic mass is 10.1. The molecule has 2 aromatic carbocycles. The highest BCUT2D eigenvalue weighted by molar-refractivity contribution is 9.10. The Morgan fingerprint density at radius 2 is 1.95 bits per heavy atom. The molecule has 0 aromatic heterocycles. The van der Waals surface area contributed by atoms with Crippen LogP contribution < -0.4 is 4.74 Å². The number of carbonyl (C=O) groups is 1. The van der Waals surface area contributed by atoms with Gasteiger partial charge in [-0.05, 0) is 36.8 Å². The Labute approximate surface area is 144 Å². The van der Waals surface area contributed by atoms with Gasteiger partial charge < -0.3 is 9.84 Å². The molecular weight excluding hydrogens is 423 g/mol. The van der Waals surface area contributed by atoms with Crippen LogP contribution in [-0.4, -0.2) is 11.1 Å². The number of rotatable bonds is 4. The van der Waals surface area contributed by atoms with E-state index in [0.717, 1.165) is 15.6 Å². The molecule has 0 saturated carbocycles. The number of benzene rings is 2. The summed E-state index contributed by atoms with van der Waals surface area (Å²) in [6, 6.07) is 8.80. The van der Waals surface area contributed by atoms with Crippen LogP contribution in [-0.2, 0) is 6.61 Å². The standard InChI is InChI=1S/C15H11Br2ClO3/c1-8-4-11(17)5-12(15(19)20)14(8)21-7-9-2-3-10(16)6-13(9)18/h2-6H,7H2,1H3,(H,19,20). The smallest absolute Gasteiger partial charge is 0.339 e. The molecular formula is C15H11Br2ClO3. The summed E-state index contributed by atoms with van der Waals surface area (Å²) in [5, 5.41) is 9.84. The zero-order valence-corrected chi connectivity index (χ0v) is 14.9. The van der Waals surface area contributed by atoms with Gasteiger partial charge >= 0.3 is 5.97 Å². The number of carboxylic acid groups (broad SMARTS) is 1. The number of halogens is 3. The van der Waals surface area contributed by atoms with E-state index in [4.69, 9.17) is 16.3 Å². The predicted octanol–water partition coefficient (Wildman–Crippen LogP) is 5.45. The number of hydrogen-bond donors (Lipinski definition) is 1. The minimum absolute atomic E-state index is 0.120. The maximum absolute atomic E-state index is 11.3. The first-order valence-electron chi connectivity index (χ1n) is 5.98. The molecule has 0 atom stereocenters. The second-order valence-electron chi connectivity index (χ2n) is 4.43. The van der Waals surface area contributed by atoms with E-state index in [1.54, 1.807) is 13.0 Å². The van der Waals surface area contributed by atoms with Crippen LogP contribution in [0, 0.1) is 6.92 Å². The largest absolute Gasteiger partial charge is 0.488 e. The molecule has 0 heterocycles. The maximum atomic E-state index is 11.3. The van der Waals surface area contributed by atoms with E-state index >= 15 is 0 Å². The van der Waals surface area contributed by atoms with Gasteiger partial charge in [-0.15, -0.1) is 0 Å². The Morgan fingerprint density at radius 1 is 1.24 bits per heavy atom. The molecule has 0 aliphatic heterocycles. The van der Waals surface area contributed by atoms with Gasteiger partial charge in [-0.1, -0.05) is 49.5 Å². The van der Waals surface area contributed by atoms with Gasteiger partial charge in [0.05, 0.1) is 0 Å². The average molecular weight is 435 g/mol. The fraction of sp³-hybridized carbons (Fsp3) is 0.133. The Balaban J connectivity index is 2.29. The molecule has 3 nitrogen and oxygen atoms in total. The van der Waals surface area contributed by atoms with Crippen molar-refractivity contribution >= 4 is 49.4 Å². The third-order valence-corrected chi connectivity index (χ3v) is 4.16. The van der Waals surface area contributed by atoms with Crippen molar-refractivity contribution in [1.29, 1.82) is 0 Å². The van der Waals surface area contributed by atoms with E-state index in [2.05, 4.69) is 31.9 Å². The molecule has 1 N–H and O–H groups in total. The van der Waals surface area contributed by atoms with Gasteiger partial charge in [-0.25, -0.2) is 4.79 Å². The number of hydrogen-bond acceptors (Lipinski definition) is 2. The molecule has 21 heavy (non-hydrogen) atoms. The molecule has 2 rings (SSSR count). The summed E-state index contributed by atoms with van der Waals surface area (Å²) in [4.78, 5) is 11.3. The van der Waals surface area contributed by atoms with Crippen molar-refractivity contribution in [1.82, 2.24) is 0 Å². The number of aromatic carboxylic acids is 1. The normalized spacial score (nSPS) is 10.5. The molecule has 110 valence electrons. The minimum Gasteiger partial charge on any atom is -0.488 e. The van der Waals surface area contributed by atoms with Crippen LogP contribution in [0.15, 0.2) is 39.3 Å². The minimum atomic E-state index is -1.03. The average Bonchev–Trinajstić information content (AvgIpc) is 2.38. The zero-order chi connectivity index (χ0) is 15.6. The van der Waals surface area contributed by atoms with E-state index in [0.29, 0.717) is 15.2 Å². The Kier molecular flexibility index (Phi) is 5.30. The van der Waals surface area contributed by atoms with E-state index in [1.165, 1.54) is 6.07 Å². The monoisotopic (exact) mass is 432 g/mol. The van der Waals surface area contributed by atoms with E-state index in [1.807, 2.05) is 18.2 Å². The molecule has 0 fully saturated rings. The molecule has 0 aliphatic rings. The predicted molar refractivity (Wildman–Crippen MR) is 89.3 cm³/mol. The number of carboxylic acids is 1. The van der Waals surface area contributed by atoms with Crippen molar-refractivity contribution in [3.8, 4) is 5.75 Å². The molecule has 0 saturated heterocycles. The Hall–Kier alpha value is -1.04. The first-order valence-corrected chi connectivity index (χ1v) is 7.95. The van der Waals surface area contributed by atoms with Crippen LogP contribution in [0.5, 0.6) is 5.75 Å². The first kappa shape index (κ1) is 16.3. The lowest BCUT2D eigenvalue weighted by Gasteiger charge is -2.13.